The quantitative estimate of drug-likeness (QED) is 0.689. The van der Waals surface area contributed by atoms with E-state index in [1.54, 1.807) is 12.1 Å². The van der Waals surface area contributed by atoms with E-state index in [9.17, 15) is 5.11 Å². The highest BCUT2D eigenvalue weighted by molar-refractivity contribution is 5.95. The molecule has 0 radical (unpaired) electrons. The van der Waals surface area contributed by atoms with E-state index in [-0.39, 0.29) is 5.75 Å². The van der Waals surface area contributed by atoms with Crippen molar-refractivity contribution in [1.82, 2.24) is 5.16 Å². The second-order valence-electron chi connectivity index (χ2n) is 4.00. The summed E-state index contributed by atoms with van der Waals surface area (Å²) < 4.78 is 5.23. The van der Waals surface area contributed by atoms with E-state index in [2.05, 4.69) is 5.16 Å². The number of fused-ring (bicyclic) bond motifs is 1. The lowest BCUT2D eigenvalue weighted by Gasteiger charge is -2.03. The summed E-state index contributed by atoms with van der Waals surface area (Å²) in [6.07, 6.45) is 0. The van der Waals surface area contributed by atoms with Gasteiger partial charge in [0, 0.05) is 0 Å². The third-order valence-electron chi connectivity index (χ3n) is 2.83. The Labute approximate surface area is 98.3 Å². The molecule has 0 spiro atoms. The zero-order valence-electron chi connectivity index (χ0n) is 9.34. The predicted molar refractivity (Wildman–Crippen MR) is 65.8 cm³/mol. The van der Waals surface area contributed by atoms with Crippen LogP contribution in [0, 0.1) is 6.92 Å². The first-order chi connectivity index (χ1) is 8.25. The van der Waals surface area contributed by atoms with Crippen LogP contribution in [0.4, 0.5) is 0 Å². The minimum absolute atomic E-state index is 0.258. The van der Waals surface area contributed by atoms with E-state index in [1.165, 1.54) is 0 Å². The highest BCUT2D eigenvalue weighted by Gasteiger charge is 2.10. The Balaban J connectivity index is 2.33. The van der Waals surface area contributed by atoms with E-state index in [0.29, 0.717) is 0 Å². The van der Waals surface area contributed by atoms with E-state index in [1.807, 2.05) is 37.3 Å². The normalized spacial score (nSPS) is 10.9. The zero-order valence-corrected chi connectivity index (χ0v) is 9.34. The van der Waals surface area contributed by atoms with Crippen LogP contribution < -0.4 is 0 Å². The maximum Gasteiger partial charge on any atom is 0.167 e. The van der Waals surface area contributed by atoms with Crippen LogP contribution in [-0.4, -0.2) is 10.3 Å². The third-order valence-corrected chi connectivity index (χ3v) is 2.83. The molecule has 0 aliphatic heterocycles. The molecule has 3 nitrogen and oxygen atoms in total. The van der Waals surface area contributed by atoms with Gasteiger partial charge in [-0.2, -0.15) is 0 Å². The van der Waals surface area contributed by atoms with Crippen molar-refractivity contribution in [3.8, 4) is 16.9 Å². The van der Waals surface area contributed by atoms with E-state index >= 15 is 0 Å². The number of phenols is 1. The number of nitrogens with zero attached hydrogens (tertiary/aromatic N) is 1. The summed E-state index contributed by atoms with van der Waals surface area (Å²) in [5, 5.41) is 14.5. The molecule has 0 aliphatic rings. The van der Waals surface area contributed by atoms with Gasteiger partial charge in [0.05, 0.1) is 11.1 Å². The Kier molecular flexibility index (Phi) is 2.11. The van der Waals surface area contributed by atoms with E-state index in [0.717, 1.165) is 27.8 Å². The molecule has 0 unspecified atom stereocenters. The Morgan fingerprint density at radius 3 is 2.76 bits per heavy atom. The van der Waals surface area contributed by atoms with Crippen molar-refractivity contribution < 1.29 is 9.63 Å². The van der Waals surface area contributed by atoms with Crippen molar-refractivity contribution in [2.45, 2.75) is 6.92 Å². The van der Waals surface area contributed by atoms with Crippen molar-refractivity contribution >= 4 is 11.0 Å². The molecular formula is C14H11NO2. The average molecular weight is 225 g/mol. The lowest BCUT2D eigenvalue weighted by atomic mass is 10.0. The summed E-state index contributed by atoms with van der Waals surface area (Å²) in [6.45, 7) is 1.91. The largest absolute Gasteiger partial charge is 0.508 e. The van der Waals surface area contributed by atoms with Crippen LogP contribution in [0.25, 0.3) is 22.1 Å². The number of aryl methyl sites for hydroxylation is 1. The molecule has 0 amide bonds. The maximum atomic E-state index is 9.53. The van der Waals surface area contributed by atoms with Crippen LogP contribution >= 0.6 is 0 Å². The molecule has 0 atom stereocenters. The van der Waals surface area contributed by atoms with Gasteiger partial charge in [0.1, 0.15) is 5.75 Å². The highest BCUT2D eigenvalue weighted by Crippen LogP contribution is 2.32. The summed E-state index contributed by atoms with van der Waals surface area (Å²) in [5.74, 6) is 0.258. The molecule has 1 heterocycles. The number of hydrogen-bond donors (Lipinski definition) is 1. The number of aromatic nitrogens is 1. The van der Waals surface area contributed by atoms with Gasteiger partial charge < -0.3 is 9.63 Å². The Bertz CT molecular complexity index is 686. The van der Waals surface area contributed by atoms with Crippen molar-refractivity contribution in [2.75, 3.05) is 0 Å². The summed E-state index contributed by atoms with van der Waals surface area (Å²) in [6, 6.07) is 13.0. The monoisotopic (exact) mass is 225 g/mol. The molecule has 3 rings (SSSR count). The van der Waals surface area contributed by atoms with Gasteiger partial charge >= 0.3 is 0 Å². The van der Waals surface area contributed by atoms with Gasteiger partial charge in [0.2, 0.25) is 0 Å². The molecule has 0 fully saturated rings. The number of benzene rings is 2. The zero-order chi connectivity index (χ0) is 11.8. The summed E-state index contributed by atoms with van der Waals surface area (Å²) >= 11 is 0. The lowest BCUT2D eigenvalue weighted by Crippen LogP contribution is -1.80. The summed E-state index contributed by atoms with van der Waals surface area (Å²) in [7, 11) is 0. The number of phenolic OH excluding ortho intramolecular Hbond substituents is 1. The molecule has 3 aromatic rings. The van der Waals surface area contributed by atoms with E-state index in [4.69, 9.17) is 4.52 Å². The second-order valence-corrected chi connectivity index (χ2v) is 4.00. The van der Waals surface area contributed by atoms with Gasteiger partial charge in [0.15, 0.2) is 5.58 Å². The SMILES string of the molecule is Cc1noc2cccc(-c3cccc(O)c3)c12. The molecule has 84 valence electrons. The van der Waals surface area contributed by atoms with Crippen molar-refractivity contribution in [3.05, 3.63) is 48.2 Å². The summed E-state index contributed by atoms with van der Waals surface area (Å²) in [4.78, 5) is 0. The fraction of sp³-hybridized carbons (Fsp3) is 0.0714. The summed E-state index contributed by atoms with van der Waals surface area (Å²) in [5.41, 5.74) is 3.61. The van der Waals surface area contributed by atoms with Gasteiger partial charge in [-0.1, -0.05) is 29.4 Å². The minimum atomic E-state index is 0.258. The molecule has 0 bridgehead atoms. The molecule has 0 saturated carbocycles. The van der Waals surface area contributed by atoms with Crippen LogP contribution in [0.1, 0.15) is 5.69 Å². The molecular weight excluding hydrogens is 214 g/mol. The van der Waals surface area contributed by atoms with Gasteiger partial charge in [-0.3, -0.25) is 0 Å². The predicted octanol–water partition coefficient (Wildman–Crippen LogP) is 3.51. The minimum Gasteiger partial charge on any atom is -0.508 e. The van der Waals surface area contributed by atoms with Crippen LogP contribution in [0.2, 0.25) is 0 Å². The second kappa shape index (κ2) is 3.63. The van der Waals surface area contributed by atoms with Crippen LogP contribution in [-0.2, 0) is 0 Å². The molecule has 0 aliphatic carbocycles. The maximum absolute atomic E-state index is 9.53. The first-order valence-corrected chi connectivity index (χ1v) is 5.40. The first-order valence-electron chi connectivity index (χ1n) is 5.40. The van der Waals surface area contributed by atoms with Crippen LogP contribution in [0.15, 0.2) is 47.0 Å². The standard InChI is InChI=1S/C14H11NO2/c1-9-14-12(6-3-7-13(14)17-15-9)10-4-2-5-11(16)8-10/h2-8,16H,1H3. The lowest BCUT2D eigenvalue weighted by molar-refractivity contribution is 0.450. The Morgan fingerprint density at radius 2 is 1.94 bits per heavy atom. The molecule has 1 aromatic heterocycles. The number of hydrogen-bond acceptors (Lipinski definition) is 3. The first kappa shape index (κ1) is 9.90. The Hall–Kier alpha value is -2.29. The molecule has 2 aromatic carbocycles. The van der Waals surface area contributed by atoms with Crippen molar-refractivity contribution in [1.29, 1.82) is 0 Å². The smallest absolute Gasteiger partial charge is 0.167 e. The van der Waals surface area contributed by atoms with Crippen LogP contribution in [0.5, 0.6) is 5.75 Å². The Morgan fingerprint density at radius 1 is 1.12 bits per heavy atom. The average Bonchev–Trinajstić information content (AvgIpc) is 2.71. The van der Waals surface area contributed by atoms with Crippen LogP contribution in [0.3, 0.4) is 0 Å². The van der Waals surface area contributed by atoms with Crippen molar-refractivity contribution in [3.63, 3.8) is 0 Å². The third kappa shape index (κ3) is 1.56. The molecule has 0 saturated heterocycles. The topological polar surface area (TPSA) is 46.3 Å². The van der Waals surface area contributed by atoms with Gasteiger partial charge in [-0.05, 0) is 36.2 Å². The van der Waals surface area contributed by atoms with Gasteiger partial charge in [0.25, 0.3) is 0 Å². The van der Waals surface area contributed by atoms with Crippen molar-refractivity contribution in [2.24, 2.45) is 0 Å². The fourth-order valence-electron chi connectivity index (χ4n) is 2.06. The number of aromatic hydroxyl groups is 1. The molecule has 1 N–H and O–H groups in total. The van der Waals surface area contributed by atoms with E-state index < -0.39 is 0 Å². The molecule has 17 heavy (non-hydrogen) atoms. The number of rotatable bonds is 1. The van der Waals surface area contributed by atoms with Gasteiger partial charge in [-0.25, -0.2) is 0 Å². The molecule has 3 heteroatoms. The highest BCUT2D eigenvalue weighted by atomic mass is 16.5. The fourth-order valence-corrected chi connectivity index (χ4v) is 2.06. The van der Waals surface area contributed by atoms with Gasteiger partial charge in [-0.15, -0.1) is 0 Å².